The summed E-state index contributed by atoms with van der Waals surface area (Å²) in [6.07, 6.45) is 12.1. The van der Waals surface area contributed by atoms with Gasteiger partial charge in [0.15, 0.2) is 0 Å². The van der Waals surface area contributed by atoms with E-state index in [9.17, 15) is 0 Å². The quantitative estimate of drug-likeness (QED) is 0.506. The van der Waals surface area contributed by atoms with E-state index in [1.165, 1.54) is 44.9 Å². The third-order valence-corrected chi connectivity index (χ3v) is 4.28. The van der Waals surface area contributed by atoms with E-state index in [1.54, 1.807) is 5.57 Å². The Morgan fingerprint density at radius 1 is 1.12 bits per heavy atom. The summed E-state index contributed by atoms with van der Waals surface area (Å²) in [5.41, 5.74) is 1.65. The molecule has 0 aliphatic heterocycles. The first-order valence-electron chi connectivity index (χ1n) is 7.65. The maximum atomic E-state index is 3.46. The fraction of sp³-hybridized carbons (Fsp3) is 0.875. The second-order valence-corrected chi connectivity index (χ2v) is 5.61. The molecule has 1 heteroatoms. The topological polar surface area (TPSA) is 12.0 Å². The Hall–Kier alpha value is -0.300. The number of allylic oxidation sites excluding steroid dienone is 1. The zero-order valence-electron chi connectivity index (χ0n) is 12.1. The molecule has 1 aliphatic rings. The van der Waals surface area contributed by atoms with Gasteiger partial charge in [0.2, 0.25) is 0 Å². The van der Waals surface area contributed by atoms with E-state index in [4.69, 9.17) is 0 Å². The van der Waals surface area contributed by atoms with E-state index >= 15 is 0 Å². The molecular weight excluding hydrogens is 206 g/mol. The van der Waals surface area contributed by atoms with Crippen molar-refractivity contribution in [3.05, 3.63) is 11.6 Å². The van der Waals surface area contributed by atoms with Crippen LogP contribution >= 0.6 is 0 Å². The van der Waals surface area contributed by atoms with Crippen LogP contribution in [0.4, 0.5) is 0 Å². The third kappa shape index (κ3) is 5.72. The van der Waals surface area contributed by atoms with Gasteiger partial charge in [0, 0.05) is 0 Å². The second kappa shape index (κ2) is 8.74. The summed E-state index contributed by atoms with van der Waals surface area (Å²) in [5.74, 6) is 1.91. The molecule has 1 saturated carbocycles. The molecule has 1 aliphatic carbocycles. The average molecular weight is 237 g/mol. The molecule has 100 valence electrons. The molecule has 0 aromatic rings. The molecule has 0 unspecified atom stereocenters. The van der Waals surface area contributed by atoms with Crippen molar-refractivity contribution in [3.8, 4) is 0 Å². The summed E-state index contributed by atoms with van der Waals surface area (Å²) in [7, 11) is 0. The largest absolute Gasteiger partial charge is 0.316 e. The van der Waals surface area contributed by atoms with Crippen LogP contribution in [0.2, 0.25) is 0 Å². The van der Waals surface area contributed by atoms with Crippen molar-refractivity contribution in [1.82, 2.24) is 5.32 Å². The Bertz CT molecular complexity index is 212. The average Bonchev–Trinajstić information content (AvgIpc) is 2.38. The molecule has 1 rings (SSSR count). The maximum absolute atomic E-state index is 3.46. The molecular formula is C16H31N. The fourth-order valence-electron chi connectivity index (χ4n) is 2.90. The highest BCUT2D eigenvalue weighted by atomic mass is 14.8. The zero-order valence-corrected chi connectivity index (χ0v) is 12.1. The number of hydrogen-bond acceptors (Lipinski definition) is 1. The van der Waals surface area contributed by atoms with Crippen molar-refractivity contribution in [2.24, 2.45) is 11.8 Å². The van der Waals surface area contributed by atoms with Crippen LogP contribution in [0.5, 0.6) is 0 Å². The molecule has 0 aromatic carbocycles. The fourth-order valence-corrected chi connectivity index (χ4v) is 2.90. The van der Waals surface area contributed by atoms with Crippen LogP contribution in [-0.2, 0) is 0 Å². The highest BCUT2D eigenvalue weighted by molar-refractivity contribution is 5.04. The first kappa shape index (κ1) is 14.8. The molecule has 0 spiro atoms. The van der Waals surface area contributed by atoms with Crippen molar-refractivity contribution < 1.29 is 0 Å². The Morgan fingerprint density at radius 3 is 2.41 bits per heavy atom. The Balaban J connectivity index is 2.18. The van der Waals surface area contributed by atoms with E-state index in [-0.39, 0.29) is 0 Å². The van der Waals surface area contributed by atoms with Crippen molar-refractivity contribution in [1.29, 1.82) is 0 Å². The van der Waals surface area contributed by atoms with Crippen molar-refractivity contribution in [3.63, 3.8) is 0 Å². The van der Waals surface area contributed by atoms with Gasteiger partial charge in [-0.05, 0) is 70.4 Å². The highest BCUT2D eigenvalue weighted by Crippen LogP contribution is 2.34. The van der Waals surface area contributed by atoms with Gasteiger partial charge in [0.05, 0.1) is 0 Å². The van der Waals surface area contributed by atoms with Gasteiger partial charge in [-0.2, -0.15) is 0 Å². The van der Waals surface area contributed by atoms with Crippen molar-refractivity contribution in [2.75, 3.05) is 13.1 Å². The lowest BCUT2D eigenvalue weighted by molar-refractivity contribution is 0.294. The van der Waals surface area contributed by atoms with Crippen LogP contribution in [-0.4, -0.2) is 13.1 Å². The molecule has 0 aromatic heterocycles. The number of rotatable bonds is 7. The summed E-state index contributed by atoms with van der Waals surface area (Å²) in [5, 5.41) is 3.46. The van der Waals surface area contributed by atoms with Crippen LogP contribution in [0.3, 0.4) is 0 Å². The van der Waals surface area contributed by atoms with E-state index in [0.717, 1.165) is 24.9 Å². The van der Waals surface area contributed by atoms with Crippen LogP contribution < -0.4 is 5.32 Å². The summed E-state index contributed by atoms with van der Waals surface area (Å²) in [6.45, 7) is 9.22. The highest BCUT2D eigenvalue weighted by Gasteiger charge is 2.20. The minimum atomic E-state index is 0.893. The maximum Gasteiger partial charge on any atom is -0.00142 e. The summed E-state index contributed by atoms with van der Waals surface area (Å²) in [6, 6.07) is 0. The van der Waals surface area contributed by atoms with Gasteiger partial charge in [0.25, 0.3) is 0 Å². The summed E-state index contributed by atoms with van der Waals surface area (Å²) in [4.78, 5) is 0. The molecule has 1 N–H and O–H groups in total. The van der Waals surface area contributed by atoms with Gasteiger partial charge >= 0.3 is 0 Å². The molecule has 0 heterocycles. The van der Waals surface area contributed by atoms with Crippen LogP contribution in [0, 0.1) is 11.8 Å². The van der Waals surface area contributed by atoms with Gasteiger partial charge in [-0.25, -0.2) is 0 Å². The molecule has 0 amide bonds. The monoisotopic (exact) mass is 237 g/mol. The van der Waals surface area contributed by atoms with Gasteiger partial charge in [-0.3, -0.25) is 0 Å². The van der Waals surface area contributed by atoms with Gasteiger partial charge in [-0.1, -0.05) is 31.9 Å². The molecule has 17 heavy (non-hydrogen) atoms. The Morgan fingerprint density at radius 2 is 1.82 bits per heavy atom. The zero-order chi connectivity index (χ0) is 12.5. The van der Waals surface area contributed by atoms with Gasteiger partial charge < -0.3 is 5.32 Å². The minimum absolute atomic E-state index is 0.893. The predicted molar refractivity (Wildman–Crippen MR) is 77.3 cm³/mol. The normalized spacial score (nSPS) is 26.2. The lowest BCUT2D eigenvalue weighted by atomic mass is 9.78. The first-order chi connectivity index (χ1) is 8.27. The van der Waals surface area contributed by atoms with Crippen LogP contribution in [0.1, 0.15) is 65.7 Å². The molecule has 0 atom stereocenters. The molecule has 0 radical (unpaired) electrons. The van der Waals surface area contributed by atoms with Crippen molar-refractivity contribution in [2.45, 2.75) is 65.7 Å². The lowest BCUT2D eigenvalue weighted by Crippen LogP contribution is -2.16. The summed E-state index contributed by atoms with van der Waals surface area (Å²) < 4.78 is 0. The second-order valence-electron chi connectivity index (χ2n) is 5.61. The van der Waals surface area contributed by atoms with Gasteiger partial charge in [-0.15, -0.1) is 0 Å². The molecule has 0 saturated heterocycles. The van der Waals surface area contributed by atoms with E-state index < -0.39 is 0 Å². The Labute approximate surface area is 108 Å². The van der Waals surface area contributed by atoms with E-state index in [0.29, 0.717) is 0 Å². The third-order valence-electron chi connectivity index (χ3n) is 4.28. The first-order valence-corrected chi connectivity index (χ1v) is 7.65. The smallest absolute Gasteiger partial charge is 0.00142 e. The number of nitrogens with one attached hydrogen (secondary N) is 1. The van der Waals surface area contributed by atoms with E-state index in [2.05, 4.69) is 32.2 Å². The van der Waals surface area contributed by atoms with Crippen LogP contribution in [0.15, 0.2) is 11.6 Å². The summed E-state index contributed by atoms with van der Waals surface area (Å²) >= 11 is 0. The number of hydrogen-bond donors (Lipinski definition) is 1. The lowest BCUT2D eigenvalue weighted by Gasteiger charge is -2.28. The van der Waals surface area contributed by atoms with E-state index in [1.807, 2.05) is 0 Å². The molecule has 1 fully saturated rings. The standard InChI is InChI=1S/C16H31N/c1-4-12-17-13-6-7-14(3)16-10-8-15(5-2)9-11-16/h7,15-17H,4-6,8-13H2,1-3H3. The van der Waals surface area contributed by atoms with Crippen molar-refractivity contribution >= 4 is 0 Å². The van der Waals surface area contributed by atoms with Crippen LogP contribution in [0.25, 0.3) is 0 Å². The Kier molecular flexibility index (Phi) is 7.59. The predicted octanol–water partition coefficient (Wildman–Crippen LogP) is 4.54. The SMILES string of the molecule is CCCNCCC=C(C)C1CCC(CC)CC1. The molecule has 0 bridgehead atoms. The molecule has 1 nitrogen and oxygen atoms in total. The minimum Gasteiger partial charge on any atom is -0.316 e. The van der Waals surface area contributed by atoms with Gasteiger partial charge in [0.1, 0.15) is 0 Å².